The van der Waals surface area contributed by atoms with Crippen molar-refractivity contribution in [3.8, 4) is 5.75 Å². The summed E-state index contributed by atoms with van der Waals surface area (Å²) in [6.07, 6.45) is 0. The Balaban J connectivity index is 1.92. The van der Waals surface area contributed by atoms with Gasteiger partial charge in [0.25, 0.3) is 5.91 Å². The van der Waals surface area contributed by atoms with Crippen LogP contribution >= 0.6 is 0 Å². The predicted molar refractivity (Wildman–Crippen MR) is 84.7 cm³/mol. The van der Waals surface area contributed by atoms with Gasteiger partial charge in [0.05, 0.1) is 10.6 Å². The molecule has 0 aromatic heterocycles. The lowest BCUT2D eigenvalue weighted by Gasteiger charge is -2.08. The van der Waals surface area contributed by atoms with E-state index >= 15 is 0 Å². The van der Waals surface area contributed by atoms with Crippen molar-refractivity contribution >= 4 is 21.4 Å². The van der Waals surface area contributed by atoms with E-state index in [0.29, 0.717) is 11.4 Å². The number of carbonyl (C=O) groups excluding carboxylic acids is 1. The van der Waals surface area contributed by atoms with Crippen molar-refractivity contribution < 1.29 is 17.9 Å². The fourth-order valence-electron chi connectivity index (χ4n) is 1.77. The standard InChI is InChI=1S/C16H17NO4S/c1-2-22(19,20)15-10-8-13(9-11-15)17-16(18)12-21-14-6-4-3-5-7-14/h3-11H,2,12H2,1H3,(H,17,18). The number of sulfone groups is 1. The van der Waals surface area contributed by atoms with Crippen molar-refractivity contribution in [3.05, 3.63) is 54.6 Å². The predicted octanol–water partition coefficient (Wildman–Crippen LogP) is 2.50. The lowest BCUT2D eigenvalue weighted by molar-refractivity contribution is -0.118. The van der Waals surface area contributed by atoms with Crippen molar-refractivity contribution in [2.75, 3.05) is 17.7 Å². The molecule has 0 saturated carbocycles. The molecule has 2 aromatic rings. The monoisotopic (exact) mass is 319 g/mol. The summed E-state index contributed by atoms with van der Waals surface area (Å²) in [7, 11) is -3.23. The molecule has 0 saturated heterocycles. The molecule has 0 atom stereocenters. The van der Waals surface area contributed by atoms with Gasteiger partial charge in [-0.3, -0.25) is 4.79 Å². The van der Waals surface area contributed by atoms with Crippen LogP contribution in [-0.4, -0.2) is 26.7 Å². The number of para-hydroxylation sites is 1. The highest BCUT2D eigenvalue weighted by atomic mass is 32.2. The second-order valence-electron chi connectivity index (χ2n) is 4.58. The second kappa shape index (κ2) is 7.09. The summed E-state index contributed by atoms with van der Waals surface area (Å²) in [5.41, 5.74) is 0.525. The zero-order valence-electron chi connectivity index (χ0n) is 12.2. The Morgan fingerprint density at radius 2 is 1.68 bits per heavy atom. The molecule has 0 aliphatic heterocycles. The van der Waals surface area contributed by atoms with Gasteiger partial charge < -0.3 is 10.1 Å². The van der Waals surface area contributed by atoms with Crippen LogP contribution in [0.4, 0.5) is 5.69 Å². The molecule has 0 radical (unpaired) electrons. The van der Waals surface area contributed by atoms with Crippen LogP contribution < -0.4 is 10.1 Å². The minimum atomic E-state index is -3.23. The van der Waals surface area contributed by atoms with Gasteiger partial charge in [-0.05, 0) is 36.4 Å². The summed E-state index contributed by atoms with van der Waals surface area (Å²) in [5.74, 6) is 0.348. The van der Waals surface area contributed by atoms with Crippen LogP contribution in [0.25, 0.3) is 0 Å². The summed E-state index contributed by atoms with van der Waals surface area (Å²) in [6.45, 7) is 1.48. The van der Waals surface area contributed by atoms with Gasteiger partial charge in [0, 0.05) is 5.69 Å². The van der Waals surface area contributed by atoms with Crippen LogP contribution in [-0.2, 0) is 14.6 Å². The van der Waals surface area contributed by atoms with Crippen LogP contribution in [0.3, 0.4) is 0 Å². The number of hydrogen-bond acceptors (Lipinski definition) is 4. The summed E-state index contributed by atoms with van der Waals surface area (Å²) in [4.78, 5) is 12.0. The molecule has 2 rings (SSSR count). The van der Waals surface area contributed by atoms with E-state index in [-0.39, 0.29) is 23.2 Å². The van der Waals surface area contributed by atoms with Gasteiger partial charge >= 0.3 is 0 Å². The summed E-state index contributed by atoms with van der Waals surface area (Å²) in [6, 6.07) is 15.1. The normalized spacial score (nSPS) is 11.0. The molecule has 0 bridgehead atoms. The number of anilines is 1. The van der Waals surface area contributed by atoms with E-state index in [0.717, 1.165) is 0 Å². The van der Waals surface area contributed by atoms with Crippen molar-refractivity contribution in [3.63, 3.8) is 0 Å². The Morgan fingerprint density at radius 3 is 2.27 bits per heavy atom. The molecule has 1 amide bonds. The number of carbonyl (C=O) groups is 1. The Kier molecular flexibility index (Phi) is 5.16. The summed E-state index contributed by atoms with van der Waals surface area (Å²) < 4.78 is 28.7. The van der Waals surface area contributed by atoms with Crippen LogP contribution in [0.5, 0.6) is 5.75 Å². The minimum absolute atomic E-state index is 0.0453. The third-order valence-corrected chi connectivity index (χ3v) is 4.74. The number of hydrogen-bond donors (Lipinski definition) is 1. The molecule has 0 aliphatic rings. The summed E-state index contributed by atoms with van der Waals surface area (Å²) >= 11 is 0. The first-order valence-corrected chi connectivity index (χ1v) is 8.47. The molecule has 0 spiro atoms. The first-order chi connectivity index (χ1) is 10.5. The number of rotatable bonds is 6. The second-order valence-corrected chi connectivity index (χ2v) is 6.86. The van der Waals surface area contributed by atoms with E-state index in [1.165, 1.54) is 12.1 Å². The Labute approximate surface area is 129 Å². The van der Waals surface area contributed by atoms with Crippen molar-refractivity contribution in [1.82, 2.24) is 0 Å². The molecule has 22 heavy (non-hydrogen) atoms. The minimum Gasteiger partial charge on any atom is -0.484 e. The van der Waals surface area contributed by atoms with E-state index in [2.05, 4.69) is 5.32 Å². The average molecular weight is 319 g/mol. The fraction of sp³-hybridized carbons (Fsp3) is 0.188. The molecule has 0 heterocycles. The molecule has 6 heteroatoms. The molecule has 0 aliphatic carbocycles. The number of nitrogens with one attached hydrogen (secondary N) is 1. The van der Waals surface area contributed by atoms with Crippen LogP contribution in [0.1, 0.15) is 6.92 Å². The first kappa shape index (κ1) is 16.0. The van der Waals surface area contributed by atoms with E-state index in [1.54, 1.807) is 31.2 Å². The molecule has 2 aromatic carbocycles. The molecular formula is C16H17NO4S. The molecule has 116 valence electrons. The van der Waals surface area contributed by atoms with Crippen molar-refractivity contribution in [2.45, 2.75) is 11.8 Å². The van der Waals surface area contributed by atoms with Crippen LogP contribution in [0.2, 0.25) is 0 Å². The van der Waals surface area contributed by atoms with Gasteiger partial charge in [-0.15, -0.1) is 0 Å². The summed E-state index contributed by atoms with van der Waals surface area (Å²) in [5, 5.41) is 2.65. The van der Waals surface area contributed by atoms with Gasteiger partial charge in [-0.1, -0.05) is 25.1 Å². The number of benzene rings is 2. The SMILES string of the molecule is CCS(=O)(=O)c1ccc(NC(=O)COc2ccccc2)cc1. The van der Waals surface area contributed by atoms with E-state index in [9.17, 15) is 13.2 Å². The van der Waals surface area contributed by atoms with E-state index < -0.39 is 9.84 Å². The van der Waals surface area contributed by atoms with Crippen molar-refractivity contribution in [2.24, 2.45) is 0 Å². The highest BCUT2D eigenvalue weighted by Crippen LogP contribution is 2.15. The first-order valence-electron chi connectivity index (χ1n) is 6.82. The lowest BCUT2D eigenvalue weighted by atomic mass is 10.3. The maximum Gasteiger partial charge on any atom is 0.262 e. The molecular weight excluding hydrogens is 302 g/mol. The Bertz CT molecular complexity index is 725. The topological polar surface area (TPSA) is 72.5 Å². The highest BCUT2D eigenvalue weighted by molar-refractivity contribution is 7.91. The van der Waals surface area contributed by atoms with Gasteiger partial charge in [0.1, 0.15) is 5.75 Å². The Hall–Kier alpha value is -2.34. The van der Waals surface area contributed by atoms with E-state index in [1.807, 2.05) is 18.2 Å². The van der Waals surface area contributed by atoms with Gasteiger partial charge in [-0.2, -0.15) is 0 Å². The van der Waals surface area contributed by atoms with Gasteiger partial charge in [0.2, 0.25) is 0 Å². The fourth-order valence-corrected chi connectivity index (χ4v) is 2.66. The van der Waals surface area contributed by atoms with Gasteiger partial charge in [0.15, 0.2) is 16.4 Å². The van der Waals surface area contributed by atoms with E-state index in [4.69, 9.17) is 4.74 Å². The van der Waals surface area contributed by atoms with Gasteiger partial charge in [-0.25, -0.2) is 8.42 Å². The molecule has 1 N–H and O–H groups in total. The smallest absolute Gasteiger partial charge is 0.262 e. The number of ether oxygens (including phenoxy) is 1. The highest BCUT2D eigenvalue weighted by Gasteiger charge is 2.11. The molecule has 0 fully saturated rings. The maximum absolute atomic E-state index is 11.8. The van der Waals surface area contributed by atoms with Crippen LogP contribution in [0.15, 0.2) is 59.5 Å². The largest absolute Gasteiger partial charge is 0.484 e. The quantitative estimate of drug-likeness (QED) is 0.888. The molecule has 0 unspecified atom stereocenters. The zero-order chi connectivity index (χ0) is 16.0. The third-order valence-electron chi connectivity index (χ3n) is 2.99. The lowest BCUT2D eigenvalue weighted by Crippen LogP contribution is -2.20. The Morgan fingerprint density at radius 1 is 1.05 bits per heavy atom. The van der Waals surface area contributed by atoms with Crippen molar-refractivity contribution in [1.29, 1.82) is 0 Å². The zero-order valence-corrected chi connectivity index (χ0v) is 13.0. The number of amides is 1. The van der Waals surface area contributed by atoms with Crippen LogP contribution in [0, 0.1) is 0 Å². The average Bonchev–Trinajstić information content (AvgIpc) is 2.54. The molecule has 5 nitrogen and oxygen atoms in total. The maximum atomic E-state index is 11.8. The third kappa shape index (κ3) is 4.33.